The predicted molar refractivity (Wildman–Crippen MR) is 136 cm³/mol. The van der Waals surface area contributed by atoms with Crippen LogP contribution in [0.15, 0.2) is 39.7 Å². The van der Waals surface area contributed by atoms with Crippen molar-refractivity contribution < 1.29 is 27.1 Å². The molecule has 3 fully saturated rings. The minimum absolute atomic E-state index is 0.0791. The zero-order valence-electron chi connectivity index (χ0n) is 21.4. The van der Waals surface area contributed by atoms with Crippen LogP contribution in [0, 0.1) is 5.82 Å². The van der Waals surface area contributed by atoms with Gasteiger partial charge in [0.25, 0.3) is 5.89 Å². The van der Waals surface area contributed by atoms with E-state index in [2.05, 4.69) is 20.1 Å². The Kier molecular flexibility index (Phi) is 6.32. The Hall–Kier alpha value is -3.75. The SMILES string of the molecule is O=c1n(Cc2ccc(-c3nnc(C(F)F)o3)cn2)c2cc(F)c(N3CCN(C4COC4)CC3)cc2n1C1COC1. The summed E-state index contributed by atoms with van der Waals surface area (Å²) in [6, 6.07) is 6.74. The molecule has 11 nitrogen and oxygen atoms in total. The predicted octanol–water partition coefficient (Wildman–Crippen LogP) is 2.47. The number of halogens is 3. The summed E-state index contributed by atoms with van der Waals surface area (Å²) >= 11 is 0. The van der Waals surface area contributed by atoms with Gasteiger partial charge in [-0.15, -0.1) is 10.2 Å². The normalized spacial score (nSPS) is 18.9. The minimum Gasteiger partial charge on any atom is -0.415 e. The Morgan fingerprint density at radius 2 is 1.70 bits per heavy atom. The van der Waals surface area contributed by atoms with Crippen LogP contribution in [0.2, 0.25) is 0 Å². The molecular weight excluding hydrogens is 531 g/mol. The van der Waals surface area contributed by atoms with Gasteiger partial charge in [-0.25, -0.2) is 9.18 Å². The van der Waals surface area contributed by atoms with Crippen molar-refractivity contribution in [1.29, 1.82) is 0 Å². The summed E-state index contributed by atoms with van der Waals surface area (Å²) in [5.41, 5.74) is 2.20. The summed E-state index contributed by atoms with van der Waals surface area (Å²) in [5, 5.41) is 6.96. The highest BCUT2D eigenvalue weighted by Gasteiger charge is 2.31. The minimum atomic E-state index is -2.87. The second-order valence-corrected chi connectivity index (χ2v) is 10.2. The van der Waals surface area contributed by atoms with Crippen LogP contribution in [0.1, 0.15) is 24.1 Å². The van der Waals surface area contributed by atoms with Gasteiger partial charge in [0, 0.05) is 38.4 Å². The first-order valence-electron chi connectivity index (χ1n) is 13.1. The van der Waals surface area contributed by atoms with Crippen LogP contribution >= 0.6 is 0 Å². The van der Waals surface area contributed by atoms with Crippen molar-refractivity contribution in [2.75, 3.05) is 57.5 Å². The van der Waals surface area contributed by atoms with Crippen LogP contribution < -0.4 is 10.6 Å². The molecule has 0 radical (unpaired) electrons. The Morgan fingerprint density at radius 1 is 0.950 bits per heavy atom. The zero-order valence-corrected chi connectivity index (χ0v) is 21.4. The molecule has 0 spiro atoms. The summed E-state index contributed by atoms with van der Waals surface area (Å²) < 4.78 is 60.0. The monoisotopic (exact) mass is 557 g/mol. The van der Waals surface area contributed by atoms with E-state index >= 15 is 4.39 Å². The third kappa shape index (κ3) is 4.35. The maximum atomic E-state index is 15.6. The molecule has 3 aliphatic rings. The fourth-order valence-electron chi connectivity index (χ4n) is 5.41. The van der Waals surface area contributed by atoms with Crippen molar-refractivity contribution in [3.8, 4) is 11.5 Å². The summed E-state index contributed by atoms with van der Waals surface area (Å²) in [6.45, 7) is 5.42. The number of ether oxygens (including phenoxy) is 2. The van der Waals surface area contributed by atoms with Crippen molar-refractivity contribution in [3.05, 3.63) is 58.3 Å². The van der Waals surface area contributed by atoms with Gasteiger partial charge < -0.3 is 18.8 Å². The quantitative estimate of drug-likeness (QED) is 0.339. The first-order chi connectivity index (χ1) is 19.5. The zero-order chi connectivity index (χ0) is 27.4. The number of alkyl halides is 2. The Balaban J connectivity index is 1.19. The van der Waals surface area contributed by atoms with E-state index < -0.39 is 18.1 Å². The lowest BCUT2D eigenvalue weighted by Gasteiger charge is -2.43. The molecule has 0 saturated carbocycles. The van der Waals surface area contributed by atoms with E-state index in [1.165, 1.54) is 16.8 Å². The van der Waals surface area contributed by atoms with Gasteiger partial charge in [-0.05, 0) is 18.2 Å². The van der Waals surface area contributed by atoms with Gasteiger partial charge in [0.2, 0.25) is 5.89 Å². The van der Waals surface area contributed by atoms with Crippen molar-refractivity contribution in [2.24, 2.45) is 0 Å². The highest BCUT2D eigenvalue weighted by molar-refractivity contribution is 5.81. The molecular formula is C26H26F3N7O4. The van der Waals surface area contributed by atoms with E-state index in [4.69, 9.17) is 13.9 Å². The number of pyridine rings is 1. The van der Waals surface area contributed by atoms with E-state index in [-0.39, 0.29) is 24.2 Å². The molecule has 7 rings (SSSR count). The topological polar surface area (TPSA) is 104 Å². The van der Waals surface area contributed by atoms with Gasteiger partial charge >= 0.3 is 12.1 Å². The molecule has 14 heteroatoms. The number of imidazole rings is 1. The van der Waals surface area contributed by atoms with Gasteiger partial charge in [-0.3, -0.25) is 19.0 Å². The second-order valence-electron chi connectivity index (χ2n) is 10.2. The molecule has 0 unspecified atom stereocenters. The molecule has 6 heterocycles. The van der Waals surface area contributed by atoms with Crippen molar-refractivity contribution in [1.82, 2.24) is 29.2 Å². The van der Waals surface area contributed by atoms with Crippen LogP contribution in [-0.4, -0.2) is 87.9 Å². The standard InChI is InChI=1S/C26H26F3N7O4/c27-19-7-21-22(8-20(19)34-5-3-33(4-6-34)17-11-38-12-17)36(18-13-39-14-18)26(37)35(21)10-16-2-1-15(9-30-16)24-31-32-25(40-24)23(28)29/h1-2,7-9,17-18,23H,3-6,10-14H2. The molecule has 210 valence electrons. The fraction of sp³-hybridized carbons (Fsp3) is 0.462. The molecule has 4 aromatic rings. The average molecular weight is 558 g/mol. The number of hydrogen-bond acceptors (Lipinski definition) is 9. The third-order valence-corrected chi connectivity index (χ3v) is 7.83. The van der Waals surface area contributed by atoms with Crippen molar-refractivity contribution >= 4 is 16.7 Å². The molecule has 1 aromatic carbocycles. The lowest BCUT2D eigenvalue weighted by Crippen LogP contribution is -2.56. The van der Waals surface area contributed by atoms with Crippen molar-refractivity contribution in [2.45, 2.75) is 25.1 Å². The third-order valence-electron chi connectivity index (χ3n) is 7.83. The number of fused-ring (bicyclic) bond motifs is 1. The molecule has 3 aliphatic heterocycles. The molecule has 0 aliphatic carbocycles. The largest absolute Gasteiger partial charge is 0.415 e. The van der Waals surface area contributed by atoms with Gasteiger partial charge in [0.05, 0.1) is 73.0 Å². The van der Waals surface area contributed by atoms with Crippen molar-refractivity contribution in [3.63, 3.8) is 0 Å². The molecule has 40 heavy (non-hydrogen) atoms. The van der Waals surface area contributed by atoms with Crippen LogP contribution in [0.4, 0.5) is 18.9 Å². The molecule has 0 atom stereocenters. The number of anilines is 1. The van der Waals surface area contributed by atoms with Crippen LogP contribution in [0.5, 0.6) is 0 Å². The van der Waals surface area contributed by atoms with Gasteiger partial charge in [-0.1, -0.05) is 0 Å². The van der Waals surface area contributed by atoms with E-state index in [1.54, 1.807) is 22.8 Å². The lowest BCUT2D eigenvalue weighted by molar-refractivity contribution is -0.0660. The summed E-state index contributed by atoms with van der Waals surface area (Å²) in [5.74, 6) is -1.24. The molecule has 0 bridgehead atoms. The Labute approximate surface area is 225 Å². The van der Waals surface area contributed by atoms with E-state index in [0.717, 1.165) is 26.3 Å². The first kappa shape index (κ1) is 25.2. The Morgan fingerprint density at radius 3 is 2.30 bits per heavy atom. The molecule has 0 N–H and O–H groups in total. The summed E-state index contributed by atoms with van der Waals surface area (Å²) in [7, 11) is 0. The van der Waals surface area contributed by atoms with E-state index in [9.17, 15) is 13.6 Å². The highest BCUT2D eigenvalue weighted by atomic mass is 19.3. The average Bonchev–Trinajstić information content (AvgIpc) is 3.48. The van der Waals surface area contributed by atoms with Crippen LogP contribution in [0.25, 0.3) is 22.5 Å². The number of nitrogens with zero attached hydrogens (tertiary/aromatic N) is 7. The number of aromatic nitrogens is 5. The second kappa shape index (κ2) is 10.0. The highest BCUT2D eigenvalue weighted by Crippen LogP contribution is 2.31. The molecule has 0 amide bonds. The summed E-state index contributed by atoms with van der Waals surface area (Å²) in [4.78, 5) is 22.4. The smallest absolute Gasteiger partial charge is 0.329 e. The van der Waals surface area contributed by atoms with Gasteiger partial charge in [0.1, 0.15) is 5.82 Å². The van der Waals surface area contributed by atoms with Crippen LogP contribution in [0.3, 0.4) is 0 Å². The summed E-state index contributed by atoms with van der Waals surface area (Å²) in [6.07, 6.45) is -1.46. The van der Waals surface area contributed by atoms with E-state index in [0.29, 0.717) is 60.3 Å². The molecule has 3 saturated heterocycles. The van der Waals surface area contributed by atoms with Gasteiger partial charge in [-0.2, -0.15) is 8.78 Å². The first-order valence-corrected chi connectivity index (χ1v) is 13.1. The molecule has 3 aromatic heterocycles. The number of piperazine rings is 1. The fourth-order valence-corrected chi connectivity index (χ4v) is 5.41. The van der Waals surface area contributed by atoms with E-state index in [1.807, 2.05) is 4.90 Å². The Bertz CT molecular complexity index is 1590. The maximum Gasteiger partial charge on any atom is 0.329 e. The number of hydrogen-bond donors (Lipinski definition) is 0. The van der Waals surface area contributed by atoms with Gasteiger partial charge in [0.15, 0.2) is 0 Å². The maximum absolute atomic E-state index is 15.6. The van der Waals surface area contributed by atoms with Crippen LogP contribution in [-0.2, 0) is 16.0 Å². The lowest BCUT2D eigenvalue weighted by atomic mass is 10.1. The number of rotatable bonds is 7. The number of benzene rings is 1.